The summed E-state index contributed by atoms with van der Waals surface area (Å²) in [5.41, 5.74) is -0.620. The average molecular weight is 396 g/mol. The number of halogens is 3. The van der Waals surface area contributed by atoms with E-state index in [2.05, 4.69) is 15.2 Å². The number of rotatable bonds is 6. The molecule has 0 spiro atoms. The van der Waals surface area contributed by atoms with Crippen LogP contribution in [0.3, 0.4) is 0 Å². The minimum atomic E-state index is -4.93. The number of methoxy groups -OCH3 is 1. The molecule has 0 fully saturated rings. The first-order chi connectivity index (χ1) is 13.3. The van der Waals surface area contributed by atoms with Crippen LogP contribution in [-0.4, -0.2) is 33.3 Å². The van der Waals surface area contributed by atoms with Gasteiger partial charge in [-0.2, -0.15) is 9.36 Å². The molecule has 28 heavy (non-hydrogen) atoms. The standard InChI is InChI=1S/C17H15F3N4O4/c1-23-16(25)24(22-21-23)12-6-5-9-13(28-17(18,19)20)11(12)10-27-15-8-4-3-7-14(15)26-2/h3-9H,10H2,1-2H3. The second-order valence-corrected chi connectivity index (χ2v) is 5.54. The van der Waals surface area contributed by atoms with E-state index in [-0.39, 0.29) is 17.9 Å². The molecule has 0 atom stereocenters. The lowest BCUT2D eigenvalue weighted by Gasteiger charge is -2.17. The van der Waals surface area contributed by atoms with Gasteiger partial charge in [-0.25, -0.2) is 4.79 Å². The van der Waals surface area contributed by atoms with Gasteiger partial charge in [0.05, 0.1) is 18.4 Å². The first-order valence-corrected chi connectivity index (χ1v) is 7.93. The van der Waals surface area contributed by atoms with Crippen LogP contribution >= 0.6 is 0 Å². The number of hydrogen-bond acceptors (Lipinski definition) is 6. The molecule has 0 amide bonds. The van der Waals surface area contributed by atoms with Crippen molar-refractivity contribution in [3.05, 3.63) is 58.5 Å². The number of ether oxygens (including phenoxy) is 3. The fourth-order valence-electron chi connectivity index (χ4n) is 2.47. The molecule has 0 bridgehead atoms. The van der Waals surface area contributed by atoms with E-state index in [1.54, 1.807) is 24.3 Å². The Labute approximate surface area is 156 Å². The number of hydrogen-bond donors (Lipinski definition) is 0. The topological polar surface area (TPSA) is 80.4 Å². The first kappa shape index (κ1) is 19.3. The Balaban J connectivity index is 2.05. The second kappa shape index (κ2) is 7.62. The van der Waals surface area contributed by atoms with E-state index in [1.165, 1.54) is 26.3 Å². The highest BCUT2D eigenvalue weighted by atomic mass is 19.4. The maximum absolute atomic E-state index is 12.8. The molecule has 11 heteroatoms. The zero-order valence-electron chi connectivity index (χ0n) is 14.8. The summed E-state index contributed by atoms with van der Waals surface area (Å²) in [5, 5.41) is 7.25. The number of para-hydroxylation sites is 2. The van der Waals surface area contributed by atoms with E-state index in [9.17, 15) is 18.0 Å². The van der Waals surface area contributed by atoms with Gasteiger partial charge >= 0.3 is 12.1 Å². The van der Waals surface area contributed by atoms with E-state index in [1.807, 2.05) is 0 Å². The molecule has 1 heterocycles. The van der Waals surface area contributed by atoms with Gasteiger partial charge in [-0.15, -0.1) is 13.2 Å². The Kier molecular flexibility index (Phi) is 5.25. The summed E-state index contributed by atoms with van der Waals surface area (Å²) in [7, 11) is 2.81. The van der Waals surface area contributed by atoms with Gasteiger partial charge in [0.1, 0.15) is 12.4 Å². The molecule has 0 saturated heterocycles. The number of aromatic nitrogens is 4. The van der Waals surface area contributed by atoms with E-state index in [0.29, 0.717) is 11.5 Å². The van der Waals surface area contributed by atoms with E-state index < -0.39 is 17.8 Å². The summed E-state index contributed by atoms with van der Waals surface area (Å²) in [6.45, 7) is -0.342. The largest absolute Gasteiger partial charge is 0.573 e. The third kappa shape index (κ3) is 4.08. The van der Waals surface area contributed by atoms with Crippen LogP contribution in [0.25, 0.3) is 5.69 Å². The van der Waals surface area contributed by atoms with Crippen molar-refractivity contribution in [1.82, 2.24) is 19.8 Å². The molecular weight excluding hydrogens is 381 g/mol. The SMILES string of the molecule is COc1ccccc1OCc1c(OC(F)(F)F)cccc1-n1nnn(C)c1=O. The van der Waals surface area contributed by atoms with Crippen molar-refractivity contribution >= 4 is 0 Å². The number of aryl methyl sites for hydroxylation is 1. The molecule has 0 unspecified atom stereocenters. The van der Waals surface area contributed by atoms with Crippen molar-refractivity contribution in [2.45, 2.75) is 13.0 Å². The average Bonchev–Trinajstić information content (AvgIpc) is 2.98. The smallest absolute Gasteiger partial charge is 0.493 e. The number of alkyl halides is 3. The first-order valence-electron chi connectivity index (χ1n) is 7.93. The quantitative estimate of drug-likeness (QED) is 0.637. The van der Waals surface area contributed by atoms with Crippen molar-refractivity contribution in [3.8, 4) is 22.9 Å². The molecule has 0 aliphatic carbocycles. The number of nitrogens with zero attached hydrogens (tertiary/aromatic N) is 4. The van der Waals surface area contributed by atoms with Crippen molar-refractivity contribution in [3.63, 3.8) is 0 Å². The highest BCUT2D eigenvalue weighted by Crippen LogP contribution is 2.32. The van der Waals surface area contributed by atoms with Crippen LogP contribution in [-0.2, 0) is 13.7 Å². The molecule has 1 aromatic heterocycles. The molecule has 3 aromatic rings. The van der Waals surface area contributed by atoms with Crippen LogP contribution in [0, 0.1) is 0 Å². The highest BCUT2D eigenvalue weighted by molar-refractivity contribution is 5.49. The monoisotopic (exact) mass is 396 g/mol. The van der Waals surface area contributed by atoms with Gasteiger partial charge in [0.25, 0.3) is 0 Å². The molecule has 8 nitrogen and oxygen atoms in total. The molecule has 3 rings (SSSR count). The zero-order valence-corrected chi connectivity index (χ0v) is 14.8. The van der Waals surface area contributed by atoms with Crippen LogP contribution in [0.4, 0.5) is 13.2 Å². The lowest BCUT2D eigenvalue weighted by molar-refractivity contribution is -0.275. The lowest BCUT2D eigenvalue weighted by Crippen LogP contribution is -2.24. The molecule has 0 radical (unpaired) electrons. The van der Waals surface area contributed by atoms with Gasteiger partial charge in [0.15, 0.2) is 11.5 Å². The van der Waals surface area contributed by atoms with E-state index in [4.69, 9.17) is 9.47 Å². The van der Waals surface area contributed by atoms with Crippen molar-refractivity contribution in [1.29, 1.82) is 0 Å². The van der Waals surface area contributed by atoms with Gasteiger partial charge in [-0.1, -0.05) is 18.2 Å². The fraction of sp³-hybridized carbons (Fsp3) is 0.235. The molecule has 0 N–H and O–H groups in total. The molecule has 0 aliphatic heterocycles. The van der Waals surface area contributed by atoms with Gasteiger partial charge in [-0.05, 0) is 34.7 Å². The Morgan fingerprint density at radius 3 is 2.29 bits per heavy atom. The minimum Gasteiger partial charge on any atom is -0.493 e. The summed E-state index contributed by atoms with van der Waals surface area (Å²) >= 11 is 0. The highest BCUT2D eigenvalue weighted by Gasteiger charge is 2.33. The Bertz CT molecular complexity index is 1030. The van der Waals surface area contributed by atoms with Gasteiger partial charge in [-0.3, -0.25) is 0 Å². The normalized spacial score (nSPS) is 11.3. The van der Waals surface area contributed by atoms with Gasteiger partial charge in [0, 0.05) is 7.05 Å². The van der Waals surface area contributed by atoms with Crippen molar-refractivity contribution < 1.29 is 27.4 Å². The molecule has 148 valence electrons. The van der Waals surface area contributed by atoms with Crippen molar-refractivity contribution in [2.75, 3.05) is 7.11 Å². The van der Waals surface area contributed by atoms with E-state index in [0.717, 1.165) is 15.4 Å². The third-order valence-corrected chi connectivity index (χ3v) is 3.72. The predicted octanol–water partition coefficient (Wildman–Crippen LogP) is 2.45. The molecule has 0 aliphatic rings. The lowest BCUT2D eigenvalue weighted by atomic mass is 10.1. The summed E-state index contributed by atoms with van der Waals surface area (Å²) in [6, 6.07) is 10.5. The van der Waals surface area contributed by atoms with Crippen molar-refractivity contribution in [2.24, 2.45) is 7.05 Å². The molecular formula is C17H15F3N4O4. The summed E-state index contributed by atoms with van der Waals surface area (Å²) < 4.78 is 55.2. The minimum absolute atomic E-state index is 0.0340. The van der Waals surface area contributed by atoms with Crippen LogP contribution < -0.4 is 19.9 Å². The predicted molar refractivity (Wildman–Crippen MR) is 90.6 cm³/mol. The Morgan fingerprint density at radius 1 is 1.00 bits per heavy atom. The van der Waals surface area contributed by atoms with Gasteiger partial charge in [0.2, 0.25) is 0 Å². The maximum Gasteiger partial charge on any atom is 0.573 e. The fourth-order valence-corrected chi connectivity index (χ4v) is 2.47. The number of tetrazole rings is 1. The second-order valence-electron chi connectivity index (χ2n) is 5.54. The molecule has 2 aromatic carbocycles. The maximum atomic E-state index is 12.8. The summed E-state index contributed by atoms with van der Waals surface area (Å²) in [6.07, 6.45) is -4.93. The van der Waals surface area contributed by atoms with Crippen LogP contribution in [0.15, 0.2) is 47.3 Å². The van der Waals surface area contributed by atoms with E-state index >= 15 is 0 Å². The third-order valence-electron chi connectivity index (χ3n) is 3.72. The summed E-state index contributed by atoms with van der Waals surface area (Å²) in [4.78, 5) is 12.2. The zero-order chi connectivity index (χ0) is 20.3. The number of benzene rings is 2. The van der Waals surface area contributed by atoms with Crippen LogP contribution in [0.5, 0.6) is 17.2 Å². The Hall–Kier alpha value is -3.50. The summed E-state index contributed by atoms with van der Waals surface area (Å²) in [5.74, 6) is 0.191. The Morgan fingerprint density at radius 2 is 1.68 bits per heavy atom. The van der Waals surface area contributed by atoms with Crippen LogP contribution in [0.1, 0.15) is 5.56 Å². The van der Waals surface area contributed by atoms with Crippen LogP contribution in [0.2, 0.25) is 0 Å². The van der Waals surface area contributed by atoms with Gasteiger partial charge < -0.3 is 14.2 Å². The molecule has 0 saturated carbocycles.